The second-order valence-electron chi connectivity index (χ2n) is 4.39. The van der Waals surface area contributed by atoms with E-state index in [4.69, 9.17) is 4.74 Å². The highest BCUT2D eigenvalue weighted by Gasteiger charge is 2.02. The van der Waals surface area contributed by atoms with Crippen molar-refractivity contribution in [3.63, 3.8) is 0 Å². The normalized spacial score (nSPS) is 10.5. The third kappa shape index (κ3) is 3.76. The third-order valence-electron chi connectivity index (χ3n) is 2.78. The van der Waals surface area contributed by atoms with Crippen molar-refractivity contribution in [2.24, 2.45) is 0 Å². The highest BCUT2D eigenvalue weighted by atomic mass is 19.1. The van der Waals surface area contributed by atoms with Gasteiger partial charge in [0.15, 0.2) is 0 Å². The summed E-state index contributed by atoms with van der Waals surface area (Å²) < 4.78 is 18.6. The molecule has 2 rings (SSSR count). The Morgan fingerprint density at radius 3 is 2.74 bits per heavy atom. The van der Waals surface area contributed by atoms with Crippen LogP contribution in [-0.2, 0) is 13.2 Å². The monoisotopic (exact) mass is 260 g/mol. The van der Waals surface area contributed by atoms with E-state index < -0.39 is 0 Å². The summed E-state index contributed by atoms with van der Waals surface area (Å²) in [5, 5.41) is 3.07. The summed E-state index contributed by atoms with van der Waals surface area (Å²) in [4.78, 5) is 4.32. The predicted molar refractivity (Wildman–Crippen MR) is 72.5 cm³/mol. The van der Waals surface area contributed by atoms with Gasteiger partial charge in [0.05, 0.1) is 5.69 Å². The number of aryl methyl sites for hydroxylation is 1. The van der Waals surface area contributed by atoms with Gasteiger partial charge in [0, 0.05) is 12.7 Å². The van der Waals surface area contributed by atoms with E-state index in [0.29, 0.717) is 12.4 Å². The molecule has 2 aromatic rings. The SMILES string of the molecule is CNCc1ccc(COc2ccc(F)cc2C)nc1. The minimum absolute atomic E-state index is 0.251. The number of benzene rings is 1. The summed E-state index contributed by atoms with van der Waals surface area (Å²) >= 11 is 0. The van der Waals surface area contributed by atoms with E-state index >= 15 is 0 Å². The summed E-state index contributed by atoms with van der Waals surface area (Å²) in [7, 11) is 1.90. The fourth-order valence-corrected chi connectivity index (χ4v) is 1.78. The minimum Gasteiger partial charge on any atom is -0.487 e. The number of aromatic nitrogens is 1. The average Bonchev–Trinajstić information content (AvgIpc) is 2.40. The molecule has 0 aliphatic rings. The van der Waals surface area contributed by atoms with E-state index in [1.54, 1.807) is 6.07 Å². The van der Waals surface area contributed by atoms with E-state index in [1.165, 1.54) is 12.1 Å². The van der Waals surface area contributed by atoms with Crippen LogP contribution in [0.2, 0.25) is 0 Å². The molecule has 4 heteroatoms. The van der Waals surface area contributed by atoms with Crippen molar-refractivity contribution in [2.45, 2.75) is 20.1 Å². The van der Waals surface area contributed by atoms with Gasteiger partial charge in [0.1, 0.15) is 18.2 Å². The molecular weight excluding hydrogens is 243 g/mol. The van der Waals surface area contributed by atoms with Crippen LogP contribution in [0.4, 0.5) is 4.39 Å². The Balaban J connectivity index is 1.98. The maximum absolute atomic E-state index is 13.0. The number of ether oxygens (including phenoxy) is 1. The number of rotatable bonds is 5. The van der Waals surface area contributed by atoms with Gasteiger partial charge in [0.25, 0.3) is 0 Å². The van der Waals surface area contributed by atoms with Crippen molar-refractivity contribution < 1.29 is 9.13 Å². The molecule has 0 spiro atoms. The second-order valence-corrected chi connectivity index (χ2v) is 4.39. The topological polar surface area (TPSA) is 34.1 Å². The van der Waals surface area contributed by atoms with Gasteiger partial charge in [-0.25, -0.2) is 4.39 Å². The van der Waals surface area contributed by atoms with E-state index in [0.717, 1.165) is 23.4 Å². The molecule has 1 heterocycles. The van der Waals surface area contributed by atoms with Crippen LogP contribution < -0.4 is 10.1 Å². The molecule has 0 bridgehead atoms. The zero-order valence-electron chi connectivity index (χ0n) is 11.1. The average molecular weight is 260 g/mol. The molecule has 0 amide bonds. The van der Waals surface area contributed by atoms with Crippen LogP contribution in [0.25, 0.3) is 0 Å². The third-order valence-corrected chi connectivity index (χ3v) is 2.78. The van der Waals surface area contributed by atoms with Crippen LogP contribution in [-0.4, -0.2) is 12.0 Å². The van der Waals surface area contributed by atoms with Crippen molar-refractivity contribution in [1.82, 2.24) is 10.3 Å². The van der Waals surface area contributed by atoms with Crippen LogP contribution in [0.5, 0.6) is 5.75 Å². The van der Waals surface area contributed by atoms with Crippen molar-refractivity contribution >= 4 is 0 Å². The van der Waals surface area contributed by atoms with Crippen molar-refractivity contribution in [1.29, 1.82) is 0 Å². The molecule has 0 saturated carbocycles. The first kappa shape index (κ1) is 13.5. The lowest BCUT2D eigenvalue weighted by molar-refractivity contribution is 0.298. The van der Waals surface area contributed by atoms with Gasteiger partial charge in [-0.05, 0) is 49.4 Å². The fourth-order valence-electron chi connectivity index (χ4n) is 1.78. The first-order chi connectivity index (χ1) is 9.19. The molecule has 100 valence electrons. The van der Waals surface area contributed by atoms with Gasteiger partial charge in [-0.15, -0.1) is 0 Å². The van der Waals surface area contributed by atoms with E-state index in [2.05, 4.69) is 10.3 Å². The molecule has 19 heavy (non-hydrogen) atoms. The Labute approximate surface area is 112 Å². The Hall–Kier alpha value is -1.94. The molecule has 1 N–H and O–H groups in total. The van der Waals surface area contributed by atoms with Gasteiger partial charge >= 0.3 is 0 Å². The van der Waals surface area contributed by atoms with Crippen LogP contribution in [0.3, 0.4) is 0 Å². The van der Waals surface area contributed by atoms with Gasteiger partial charge in [-0.2, -0.15) is 0 Å². The quantitative estimate of drug-likeness (QED) is 0.897. The smallest absolute Gasteiger partial charge is 0.130 e. The van der Waals surface area contributed by atoms with Crippen molar-refractivity contribution in [2.75, 3.05) is 7.05 Å². The van der Waals surface area contributed by atoms with E-state index in [-0.39, 0.29) is 5.82 Å². The lowest BCUT2D eigenvalue weighted by Gasteiger charge is -2.09. The maximum atomic E-state index is 13.0. The van der Waals surface area contributed by atoms with Gasteiger partial charge < -0.3 is 10.1 Å². The second kappa shape index (κ2) is 6.29. The predicted octanol–water partition coefficient (Wildman–Crippen LogP) is 2.83. The molecule has 1 aromatic carbocycles. The number of nitrogens with zero attached hydrogens (tertiary/aromatic N) is 1. The summed E-state index contributed by atoms with van der Waals surface area (Å²) in [6.07, 6.45) is 1.83. The summed E-state index contributed by atoms with van der Waals surface area (Å²) in [6, 6.07) is 8.44. The minimum atomic E-state index is -0.251. The number of hydrogen-bond acceptors (Lipinski definition) is 3. The Bertz CT molecular complexity index is 540. The molecule has 1 aromatic heterocycles. The van der Waals surface area contributed by atoms with E-state index in [9.17, 15) is 4.39 Å². The summed E-state index contributed by atoms with van der Waals surface area (Å²) in [6.45, 7) is 3.00. The van der Waals surface area contributed by atoms with Gasteiger partial charge in [0.2, 0.25) is 0 Å². The van der Waals surface area contributed by atoms with Gasteiger partial charge in [-0.3, -0.25) is 4.98 Å². The lowest BCUT2D eigenvalue weighted by Crippen LogP contribution is -2.06. The number of hydrogen-bond donors (Lipinski definition) is 1. The molecule has 0 atom stereocenters. The summed E-state index contributed by atoms with van der Waals surface area (Å²) in [5.74, 6) is 0.432. The first-order valence-electron chi connectivity index (χ1n) is 6.16. The Kier molecular flexibility index (Phi) is 4.47. The Morgan fingerprint density at radius 1 is 1.26 bits per heavy atom. The van der Waals surface area contributed by atoms with E-state index in [1.807, 2.05) is 32.3 Å². The standard InChI is InChI=1S/C15H17FN2O/c1-11-7-13(16)4-6-15(11)19-10-14-5-3-12(8-17-2)9-18-14/h3-7,9,17H,8,10H2,1-2H3. The van der Waals surface area contributed by atoms with Crippen LogP contribution in [0, 0.1) is 12.7 Å². The van der Waals surface area contributed by atoms with Crippen molar-refractivity contribution in [3.8, 4) is 5.75 Å². The van der Waals surface area contributed by atoms with Crippen LogP contribution in [0.1, 0.15) is 16.8 Å². The molecule has 0 aliphatic heterocycles. The molecule has 3 nitrogen and oxygen atoms in total. The highest BCUT2D eigenvalue weighted by Crippen LogP contribution is 2.19. The fraction of sp³-hybridized carbons (Fsp3) is 0.267. The van der Waals surface area contributed by atoms with Crippen LogP contribution >= 0.6 is 0 Å². The Morgan fingerprint density at radius 2 is 2.11 bits per heavy atom. The molecule has 0 radical (unpaired) electrons. The molecule has 0 fully saturated rings. The molecule has 0 saturated heterocycles. The van der Waals surface area contributed by atoms with Gasteiger partial charge in [-0.1, -0.05) is 6.07 Å². The zero-order valence-corrected chi connectivity index (χ0v) is 11.1. The first-order valence-corrected chi connectivity index (χ1v) is 6.16. The zero-order chi connectivity index (χ0) is 13.7. The summed E-state index contributed by atoms with van der Waals surface area (Å²) in [5.41, 5.74) is 2.76. The molecular formula is C15H17FN2O. The van der Waals surface area contributed by atoms with Crippen LogP contribution in [0.15, 0.2) is 36.5 Å². The highest BCUT2D eigenvalue weighted by molar-refractivity contribution is 5.32. The lowest BCUT2D eigenvalue weighted by atomic mass is 10.2. The maximum Gasteiger partial charge on any atom is 0.130 e. The van der Waals surface area contributed by atoms with Crippen molar-refractivity contribution in [3.05, 3.63) is 59.2 Å². The molecule has 0 unspecified atom stereocenters. The number of pyridine rings is 1. The number of halogens is 1. The molecule has 0 aliphatic carbocycles. The number of nitrogens with one attached hydrogen (secondary N) is 1. The largest absolute Gasteiger partial charge is 0.487 e.